The number of hydrogen-bond acceptors (Lipinski definition) is 5. The Balaban J connectivity index is 1.00. The van der Waals surface area contributed by atoms with Gasteiger partial charge in [0.1, 0.15) is 5.75 Å². The average molecular weight is 512 g/mol. The van der Waals surface area contributed by atoms with E-state index in [1.807, 2.05) is 10.9 Å². The molecule has 2 N–H and O–H groups in total. The number of halogens is 4. The topological polar surface area (TPSA) is 85.6 Å². The molecule has 4 fully saturated rings. The number of carbonyl (C=O) groups excluding carboxylic acids is 1. The molecule has 2 heterocycles. The first-order valence-electron chi connectivity index (χ1n) is 11.8. The number of aliphatic hydroxyl groups excluding tert-OH is 1. The minimum atomic E-state index is -4.57. The highest BCUT2D eigenvalue weighted by Gasteiger charge is 2.70. The third kappa shape index (κ3) is 4.19. The van der Waals surface area contributed by atoms with Crippen LogP contribution in [0.1, 0.15) is 55.8 Å². The Bertz CT molecular complexity index is 1140. The summed E-state index contributed by atoms with van der Waals surface area (Å²) < 4.78 is 48.7. The molecule has 5 aliphatic rings. The van der Waals surface area contributed by atoms with Crippen LogP contribution < -0.4 is 10.1 Å². The molecule has 2 aromatic rings. The predicted octanol–water partition coefficient (Wildman–Crippen LogP) is 4.03. The zero-order chi connectivity index (χ0) is 24.6. The monoisotopic (exact) mass is 511 g/mol. The van der Waals surface area contributed by atoms with E-state index in [1.165, 1.54) is 0 Å². The number of aromatic nitrogens is 2. The van der Waals surface area contributed by atoms with Crippen molar-refractivity contribution < 1.29 is 32.5 Å². The van der Waals surface area contributed by atoms with Gasteiger partial charge in [-0.05, 0) is 68.2 Å². The molecule has 4 saturated carbocycles. The largest absolute Gasteiger partial charge is 0.522 e. The number of nitrogens with one attached hydrogen (secondary N) is 1. The van der Waals surface area contributed by atoms with Crippen molar-refractivity contribution in [3.8, 4) is 5.75 Å². The first-order chi connectivity index (χ1) is 16.5. The van der Waals surface area contributed by atoms with Gasteiger partial charge in [-0.25, -0.2) is 0 Å². The molecule has 0 unspecified atom stereocenters. The third-order valence-corrected chi connectivity index (χ3v) is 8.09. The summed E-state index contributed by atoms with van der Waals surface area (Å²) in [5, 5.41) is 18.6. The quantitative estimate of drug-likeness (QED) is 0.612. The highest BCUT2D eigenvalue weighted by atomic mass is 35.5. The van der Waals surface area contributed by atoms with E-state index in [2.05, 4.69) is 15.2 Å². The van der Waals surface area contributed by atoms with Gasteiger partial charge >= 0.3 is 6.36 Å². The van der Waals surface area contributed by atoms with Crippen LogP contribution in [-0.2, 0) is 21.5 Å². The Morgan fingerprint density at radius 1 is 1.29 bits per heavy atom. The van der Waals surface area contributed by atoms with E-state index in [0.717, 1.165) is 24.8 Å². The molecule has 11 heteroatoms. The van der Waals surface area contributed by atoms with Crippen LogP contribution in [0, 0.1) is 5.92 Å². The van der Waals surface area contributed by atoms with Crippen molar-refractivity contribution in [1.29, 1.82) is 0 Å². The van der Waals surface area contributed by atoms with Crippen molar-refractivity contribution in [2.45, 2.75) is 80.7 Å². The third-order valence-electron chi connectivity index (χ3n) is 7.86. The summed E-state index contributed by atoms with van der Waals surface area (Å²) in [5.41, 5.74) is 1.19. The predicted molar refractivity (Wildman–Crippen MR) is 118 cm³/mol. The zero-order valence-corrected chi connectivity index (χ0v) is 19.5. The minimum absolute atomic E-state index is 0.122. The van der Waals surface area contributed by atoms with E-state index in [4.69, 9.17) is 16.3 Å². The fraction of sp³-hybridized carbons (Fsp3) is 0.583. The summed E-state index contributed by atoms with van der Waals surface area (Å²) in [6.45, 7) is 0. The Labute approximate surface area is 204 Å². The van der Waals surface area contributed by atoms with Crippen LogP contribution >= 0.6 is 11.6 Å². The van der Waals surface area contributed by atoms with E-state index in [-0.39, 0.29) is 29.3 Å². The SMILES string of the molecule is O=C(NC12CC(n3cc(CC4CC(OC(F)(F)F)C4)cn3)(C1)C2)[C@H]1C[C@@H](O)c2cc(Cl)ccc2O1. The smallest absolute Gasteiger partial charge is 0.480 e. The van der Waals surface area contributed by atoms with Crippen molar-refractivity contribution in [3.63, 3.8) is 0 Å². The first-order valence-corrected chi connectivity index (χ1v) is 12.1. The molecule has 7 nitrogen and oxygen atoms in total. The van der Waals surface area contributed by atoms with Crippen LogP contribution in [0.25, 0.3) is 0 Å². The van der Waals surface area contributed by atoms with Crippen molar-refractivity contribution >= 4 is 17.5 Å². The molecule has 0 radical (unpaired) electrons. The molecule has 2 bridgehead atoms. The van der Waals surface area contributed by atoms with Crippen molar-refractivity contribution in [1.82, 2.24) is 15.1 Å². The molecule has 0 spiro atoms. The fourth-order valence-electron chi connectivity index (χ4n) is 6.22. The van der Waals surface area contributed by atoms with Gasteiger partial charge in [0.25, 0.3) is 5.91 Å². The number of benzene rings is 1. The molecule has 7 rings (SSSR count). The van der Waals surface area contributed by atoms with Gasteiger partial charge in [0.15, 0.2) is 6.10 Å². The van der Waals surface area contributed by atoms with Crippen LogP contribution in [0.4, 0.5) is 13.2 Å². The summed E-state index contributed by atoms with van der Waals surface area (Å²) in [5.74, 6) is 0.402. The summed E-state index contributed by atoms with van der Waals surface area (Å²) in [6.07, 6.45) is 0.806. The molecular weight excluding hydrogens is 487 g/mol. The number of hydrogen-bond donors (Lipinski definition) is 2. The summed E-state index contributed by atoms with van der Waals surface area (Å²) in [6, 6.07) is 4.98. The van der Waals surface area contributed by atoms with Gasteiger partial charge in [-0.15, -0.1) is 13.2 Å². The normalized spacial score (nSPS) is 35.1. The second kappa shape index (κ2) is 7.85. The molecule has 2 atom stereocenters. The van der Waals surface area contributed by atoms with Crippen molar-refractivity contribution in [2.75, 3.05) is 0 Å². The molecule has 1 amide bonds. The lowest BCUT2D eigenvalue weighted by Crippen LogP contribution is -2.79. The van der Waals surface area contributed by atoms with Crippen molar-refractivity contribution in [3.05, 3.63) is 46.7 Å². The van der Waals surface area contributed by atoms with E-state index in [9.17, 15) is 23.1 Å². The molecule has 4 aliphatic carbocycles. The molecule has 1 aromatic carbocycles. The number of alkyl halides is 3. The second-order valence-corrected chi connectivity index (χ2v) is 11.0. The number of ether oxygens (including phenoxy) is 2. The molecule has 0 saturated heterocycles. The fourth-order valence-corrected chi connectivity index (χ4v) is 6.40. The van der Waals surface area contributed by atoms with Gasteiger partial charge < -0.3 is 15.2 Å². The number of rotatable bonds is 6. The Hall–Kier alpha value is -2.30. The minimum Gasteiger partial charge on any atom is -0.480 e. The number of aliphatic hydroxyl groups is 1. The standard InChI is InChI=1S/C24H25ClF3N3O4/c25-15-1-2-19-17(6-15)18(32)7-20(34-19)21(33)30-22-10-23(11-22,12-22)31-9-14(8-29-31)3-13-4-16(5-13)35-24(26,27)28/h1-2,6,8-9,13,16,18,20,32H,3-5,7,10-12H2,(H,30,33)/t13?,16?,18-,20-,22?,23?/m1/s1. The maximum absolute atomic E-state index is 12.9. The summed E-state index contributed by atoms with van der Waals surface area (Å²) in [4.78, 5) is 12.9. The van der Waals surface area contributed by atoms with E-state index >= 15 is 0 Å². The van der Waals surface area contributed by atoms with E-state index < -0.39 is 24.7 Å². The summed E-state index contributed by atoms with van der Waals surface area (Å²) >= 11 is 5.99. The number of amides is 1. The van der Waals surface area contributed by atoms with Gasteiger partial charge in [0.2, 0.25) is 0 Å². The van der Waals surface area contributed by atoms with Gasteiger partial charge in [0.05, 0.1) is 23.9 Å². The lowest BCUT2D eigenvalue weighted by molar-refractivity contribution is -0.354. The van der Waals surface area contributed by atoms with Crippen LogP contribution in [0.5, 0.6) is 5.75 Å². The summed E-state index contributed by atoms with van der Waals surface area (Å²) in [7, 11) is 0. The van der Waals surface area contributed by atoms with Crippen LogP contribution in [-0.4, -0.2) is 44.9 Å². The second-order valence-electron chi connectivity index (χ2n) is 10.6. The van der Waals surface area contributed by atoms with Crippen LogP contribution in [0.3, 0.4) is 0 Å². The van der Waals surface area contributed by atoms with Gasteiger partial charge in [-0.3, -0.25) is 14.2 Å². The van der Waals surface area contributed by atoms with Crippen LogP contribution in [0.2, 0.25) is 5.02 Å². The molecular formula is C24H25ClF3N3O4. The van der Waals surface area contributed by atoms with Gasteiger partial charge in [-0.2, -0.15) is 5.10 Å². The van der Waals surface area contributed by atoms with Crippen molar-refractivity contribution in [2.24, 2.45) is 5.92 Å². The Morgan fingerprint density at radius 3 is 2.74 bits per heavy atom. The highest BCUT2D eigenvalue weighted by Crippen LogP contribution is 2.65. The maximum atomic E-state index is 12.9. The zero-order valence-electron chi connectivity index (χ0n) is 18.7. The Kier molecular flexibility index (Phi) is 5.18. The molecule has 188 valence electrons. The molecule has 1 aliphatic heterocycles. The number of fused-ring (bicyclic) bond motifs is 1. The van der Waals surface area contributed by atoms with E-state index in [0.29, 0.717) is 35.6 Å². The molecule has 35 heavy (non-hydrogen) atoms. The average Bonchev–Trinajstić information content (AvgIpc) is 3.15. The highest BCUT2D eigenvalue weighted by molar-refractivity contribution is 6.30. The van der Waals surface area contributed by atoms with Gasteiger partial charge in [0, 0.05) is 28.7 Å². The Morgan fingerprint density at radius 2 is 2.03 bits per heavy atom. The van der Waals surface area contributed by atoms with Gasteiger partial charge in [-0.1, -0.05) is 11.6 Å². The van der Waals surface area contributed by atoms with E-state index in [1.54, 1.807) is 24.4 Å². The first kappa shape index (κ1) is 23.1. The maximum Gasteiger partial charge on any atom is 0.522 e. The lowest BCUT2D eigenvalue weighted by atomic mass is 9.44. The number of carbonyl (C=O) groups is 1. The molecule has 1 aromatic heterocycles. The lowest BCUT2D eigenvalue weighted by Gasteiger charge is -2.70. The number of nitrogens with zero attached hydrogens (tertiary/aromatic N) is 2. The van der Waals surface area contributed by atoms with Crippen LogP contribution in [0.15, 0.2) is 30.6 Å².